The highest BCUT2D eigenvalue weighted by Gasteiger charge is 2.26. The van der Waals surface area contributed by atoms with Crippen LogP contribution in [0, 0.1) is 0 Å². The highest BCUT2D eigenvalue weighted by Crippen LogP contribution is 2.39. The number of benzene rings is 2. The molecule has 0 atom stereocenters. The van der Waals surface area contributed by atoms with Crippen LogP contribution < -0.4 is 0 Å². The molecule has 0 heterocycles. The lowest BCUT2D eigenvalue weighted by molar-refractivity contribution is 0.442. The Labute approximate surface area is 166 Å². The molecule has 0 N–H and O–H groups in total. The summed E-state index contributed by atoms with van der Waals surface area (Å²) in [6, 6.07) is 19.1. The minimum atomic E-state index is 0.0648. The van der Waals surface area contributed by atoms with Crippen molar-refractivity contribution in [3.8, 4) is 0 Å². The van der Waals surface area contributed by atoms with Gasteiger partial charge < -0.3 is 0 Å². The second-order valence-electron chi connectivity index (χ2n) is 9.55. The Balaban J connectivity index is 1.61. The fourth-order valence-electron chi connectivity index (χ4n) is 5.40. The zero-order chi connectivity index (χ0) is 18.7. The minimum Gasteiger partial charge on any atom is -0.0617 e. The molecule has 0 radical (unpaired) electrons. The van der Waals surface area contributed by atoms with Gasteiger partial charge in [0.15, 0.2) is 0 Å². The van der Waals surface area contributed by atoms with E-state index >= 15 is 0 Å². The number of hydrogen-bond acceptors (Lipinski definition) is 0. The van der Waals surface area contributed by atoms with Crippen molar-refractivity contribution in [1.82, 2.24) is 0 Å². The monoisotopic (exact) mass is 360 g/mol. The minimum absolute atomic E-state index is 0.0648. The van der Waals surface area contributed by atoms with Crippen molar-refractivity contribution in [2.45, 2.75) is 95.3 Å². The molecule has 2 saturated carbocycles. The fraction of sp³-hybridized carbons (Fsp3) is 0.556. The molecule has 2 aromatic rings. The van der Waals surface area contributed by atoms with Gasteiger partial charge in [-0.3, -0.25) is 0 Å². The Bertz CT molecular complexity index is 679. The van der Waals surface area contributed by atoms with Gasteiger partial charge in [-0.1, -0.05) is 101 Å². The molecule has 0 aliphatic heterocycles. The maximum Gasteiger partial charge on any atom is 0.0146 e. The van der Waals surface area contributed by atoms with Crippen molar-refractivity contribution >= 4 is 0 Å². The molecule has 0 saturated heterocycles. The van der Waals surface area contributed by atoms with Crippen LogP contribution in [0.2, 0.25) is 0 Å². The summed E-state index contributed by atoms with van der Waals surface area (Å²) in [6.07, 6.45) is 14.0. The Hall–Kier alpha value is -1.56. The zero-order valence-corrected chi connectivity index (χ0v) is 17.3. The summed E-state index contributed by atoms with van der Waals surface area (Å²) in [5.41, 5.74) is 6.17. The molecule has 2 aromatic carbocycles. The molecular formula is C27H36. The van der Waals surface area contributed by atoms with Gasteiger partial charge in [0.1, 0.15) is 0 Å². The van der Waals surface area contributed by atoms with Gasteiger partial charge in [-0.15, -0.1) is 0 Å². The first kappa shape index (κ1) is 18.8. The highest BCUT2D eigenvalue weighted by molar-refractivity contribution is 5.42. The van der Waals surface area contributed by atoms with Crippen molar-refractivity contribution in [3.05, 3.63) is 70.8 Å². The Kier molecular flexibility index (Phi) is 5.71. The summed E-state index contributed by atoms with van der Waals surface area (Å²) in [4.78, 5) is 0. The third kappa shape index (κ3) is 4.15. The molecule has 0 nitrogen and oxygen atoms in total. The standard InChI is InChI=1S/C27H36/c1-27(2,25-17-9-15-23(19-25)21-11-5-3-6-12-21)26-18-10-16-24(20-26)22-13-7-4-8-14-22/h9-10,15-22H,3-8,11-14H2,1-2H3. The van der Waals surface area contributed by atoms with E-state index in [1.807, 2.05) is 0 Å². The van der Waals surface area contributed by atoms with E-state index in [0.717, 1.165) is 11.8 Å². The van der Waals surface area contributed by atoms with E-state index in [1.54, 1.807) is 11.1 Å². The molecule has 144 valence electrons. The summed E-state index contributed by atoms with van der Waals surface area (Å²) >= 11 is 0. The Morgan fingerprint density at radius 2 is 1.00 bits per heavy atom. The van der Waals surface area contributed by atoms with Gasteiger partial charge in [0, 0.05) is 5.41 Å². The number of rotatable bonds is 4. The van der Waals surface area contributed by atoms with Crippen LogP contribution >= 0.6 is 0 Å². The summed E-state index contributed by atoms with van der Waals surface area (Å²) in [6.45, 7) is 4.82. The van der Waals surface area contributed by atoms with Gasteiger partial charge in [0.25, 0.3) is 0 Å². The van der Waals surface area contributed by atoms with Crippen molar-refractivity contribution in [2.24, 2.45) is 0 Å². The molecule has 2 aliphatic carbocycles. The van der Waals surface area contributed by atoms with Crippen molar-refractivity contribution in [1.29, 1.82) is 0 Å². The van der Waals surface area contributed by atoms with Gasteiger partial charge in [-0.05, 0) is 59.8 Å². The van der Waals surface area contributed by atoms with Crippen LogP contribution in [0.4, 0.5) is 0 Å². The molecule has 0 amide bonds. The van der Waals surface area contributed by atoms with Crippen molar-refractivity contribution < 1.29 is 0 Å². The first-order chi connectivity index (χ1) is 13.1. The zero-order valence-electron chi connectivity index (χ0n) is 17.3. The quantitative estimate of drug-likeness (QED) is 0.516. The van der Waals surface area contributed by atoms with Crippen LogP contribution in [0.3, 0.4) is 0 Å². The Morgan fingerprint density at radius 1 is 0.593 bits per heavy atom. The third-order valence-electron chi connectivity index (χ3n) is 7.37. The largest absolute Gasteiger partial charge is 0.0617 e. The van der Waals surface area contributed by atoms with Crippen LogP contribution in [-0.4, -0.2) is 0 Å². The molecule has 0 aromatic heterocycles. The summed E-state index contributed by atoms with van der Waals surface area (Å²) in [5, 5.41) is 0. The predicted octanol–water partition coefficient (Wildman–Crippen LogP) is 8.11. The molecule has 27 heavy (non-hydrogen) atoms. The van der Waals surface area contributed by atoms with E-state index < -0.39 is 0 Å². The lowest BCUT2D eigenvalue weighted by atomic mass is 9.74. The third-order valence-corrected chi connectivity index (χ3v) is 7.37. The lowest BCUT2D eigenvalue weighted by Crippen LogP contribution is -2.20. The molecule has 0 heteroatoms. The fourth-order valence-corrected chi connectivity index (χ4v) is 5.40. The summed E-state index contributed by atoms with van der Waals surface area (Å²) in [5.74, 6) is 1.56. The van der Waals surface area contributed by atoms with Gasteiger partial charge in [-0.2, -0.15) is 0 Å². The maximum absolute atomic E-state index is 2.52. The average Bonchev–Trinajstić information content (AvgIpc) is 2.75. The molecule has 0 spiro atoms. The van der Waals surface area contributed by atoms with Crippen LogP contribution in [0.1, 0.15) is 112 Å². The molecule has 2 fully saturated rings. The predicted molar refractivity (Wildman–Crippen MR) is 117 cm³/mol. The molecule has 4 rings (SSSR count). The van der Waals surface area contributed by atoms with Gasteiger partial charge >= 0.3 is 0 Å². The summed E-state index contributed by atoms with van der Waals surface area (Å²) < 4.78 is 0. The van der Waals surface area contributed by atoms with Gasteiger partial charge in [0.2, 0.25) is 0 Å². The topological polar surface area (TPSA) is 0 Å². The van der Waals surface area contributed by atoms with E-state index in [0.29, 0.717) is 0 Å². The maximum atomic E-state index is 2.52. The lowest BCUT2D eigenvalue weighted by Gasteiger charge is -2.30. The smallest absolute Gasteiger partial charge is 0.0146 e. The van der Waals surface area contributed by atoms with Crippen molar-refractivity contribution in [3.63, 3.8) is 0 Å². The van der Waals surface area contributed by atoms with Crippen LogP contribution in [0.5, 0.6) is 0 Å². The Morgan fingerprint density at radius 3 is 1.41 bits per heavy atom. The molecule has 2 aliphatic rings. The highest BCUT2D eigenvalue weighted by atomic mass is 14.3. The second-order valence-corrected chi connectivity index (χ2v) is 9.55. The number of hydrogen-bond donors (Lipinski definition) is 0. The van der Waals surface area contributed by atoms with E-state index in [1.165, 1.54) is 75.3 Å². The first-order valence-electron chi connectivity index (χ1n) is 11.4. The van der Waals surface area contributed by atoms with E-state index in [2.05, 4.69) is 62.4 Å². The van der Waals surface area contributed by atoms with E-state index in [-0.39, 0.29) is 5.41 Å². The average molecular weight is 361 g/mol. The van der Waals surface area contributed by atoms with E-state index in [4.69, 9.17) is 0 Å². The van der Waals surface area contributed by atoms with Crippen molar-refractivity contribution in [2.75, 3.05) is 0 Å². The van der Waals surface area contributed by atoms with Gasteiger partial charge in [-0.25, -0.2) is 0 Å². The SMILES string of the molecule is CC(C)(c1cccc(C2CCCCC2)c1)c1cccc(C2CCCCC2)c1. The first-order valence-corrected chi connectivity index (χ1v) is 11.4. The van der Waals surface area contributed by atoms with Crippen LogP contribution in [-0.2, 0) is 5.41 Å². The summed E-state index contributed by atoms with van der Waals surface area (Å²) in [7, 11) is 0. The molecule has 0 unspecified atom stereocenters. The van der Waals surface area contributed by atoms with Crippen LogP contribution in [0.25, 0.3) is 0 Å². The van der Waals surface area contributed by atoms with Crippen LogP contribution in [0.15, 0.2) is 48.5 Å². The van der Waals surface area contributed by atoms with Gasteiger partial charge in [0.05, 0.1) is 0 Å². The molecular weight excluding hydrogens is 324 g/mol. The normalized spacial score (nSPS) is 19.9. The second kappa shape index (κ2) is 8.21. The van der Waals surface area contributed by atoms with E-state index in [9.17, 15) is 0 Å². The molecule has 0 bridgehead atoms.